The Bertz CT molecular complexity index is 309. The Labute approximate surface area is 89.4 Å². The summed E-state index contributed by atoms with van der Waals surface area (Å²) in [5, 5.41) is 2.73. The van der Waals surface area contributed by atoms with Crippen LogP contribution in [0, 0.1) is 0 Å². The molecule has 0 radical (unpaired) electrons. The van der Waals surface area contributed by atoms with Crippen molar-refractivity contribution in [3.8, 4) is 5.75 Å². The number of hydrogen-bond acceptors (Lipinski definition) is 3. The van der Waals surface area contributed by atoms with Crippen LogP contribution in [0.2, 0.25) is 0 Å². The summed E-state index contributed by atoms with van der Waals surface area (Å²) in [6, 6.07) is 6.95. The van der Waals surface area contributed by atoms with Crippen molar-refractivity contribution in [2.24, 2.45) is 0 Å². The molecule has 0 spiro atoms. The molecule has 3 N–H and O–H groups in total. The Morgan fingerprint density at radius 1 is 1.40 bits per heavy atom. The van der Waals surface area contributed by atoms with Crippen LogP contribution in [-0.2, 0) is 4.79 Å². The van der Waals surface area contributed by atoms with Crippen molar-refractivity contribution in [1.29, 1.82) is 0 Å². The first-order valence-electron chi connectivity index (χ1n) is 4.97. The van der Waals surface area contributed by atoms with Gasteiger partial charge >= 0.3 is 0 Å². The van der Waals surface area contributed by atoms with Crippen molar-refractivity contribution >= 4 is 11.6 Å². The van der Waals surface area contributed by atoms with Gasteiger partial charge in [0.05, 0.1) is 0 Å². The van der Waals surface area contributed by atoms with Gasteiger partial charge in [-0.25, -0.2) is 0 Å². The Morgan fingerprint density at radius 2 is 2.07 bits per heavy atom. The van der Waals surface area contributed by atoms with Gasteiger partial charge in [0.1, 0.15) is 5.75 Å². The van der Waals surface area contributed by atoms with Crippen LogP contribution >= 0.6 is 0 Å². The Morgan fingerprint density at radius 3 is 2.67 bits per heavy atom. The van der Waals surface area contributed by atoms with Crippen LogP contribution in [0.3, 0.4) is 0 Å². The fraction of sp³-hybridized carbons (Fsp3) is 0.364. The van der Waals surface area contributed by atoms with Gasteiger partial charge in [-0.1, -0.05) is 6.92 Å². The van der Waals surface area contributed by atoms with E-state index in [1.54, 1.807) is 24.3 Å². The summed E-state index contributed by atoms with van der Waals surface area (Å²) in [5.41, 5.74) is 6.19. The zero-order chi connectivity index (χ0) is 11.1. The Kier molecular flexibility index (Phi) is 4.47. The molecule has 4 heteroatoms. The molecule has 0 saturated carbocycles. The van der Waals surface area contributed by atoms with Crippen LogP contribution in [0.5, 0.6) is 5.75 Å². The molecular weight excluding hydrogens is 192 g/mol. The number of benzene rings is 1. The topological polar surface area (TPSA) is 64.3 Å². The highest BCUT2D eigenvalue weighted by atomic mass is 16.5. The van der Waals surface area contributed by atoms with Gasteiger partial charge in [0.15, 0.2) is 6.61 Å². The molecule has 0 aliphatic carbocycles. The van der Waals surface area contributed by atoms with Crippen molar-refractivity contribution in [2.45, 2.75) is 13.3 Å². The number of hydrogen-bond donors (Lipinski definition) is 2. The number of nitrogen functional groups attached to an aromatic ring is 1. The summed E-state index contributed by atoms with van der Waals surface area (Å²) in [6.07, 6.45) is 0.924. The molecule has 0 aromatic heterocycles. The molecule has 0 heterocycles. The number of carbonyl (C=O) groups excluding carboxylic acids is 1. The lowest BCUT2D eigenvalue weighted by Crippen LogP contribution is -2.29. The van der Waals surface area contributed by atoms with Crippen LogP contribution in [0.25, 0.3) is 0 Å². The first-order chi connectivity index (χ1) is 7.22. The fourth-order valence-electron chi connectivity index (χ4n) is 1.03. The third kappa shape index (κ3) is 4.35. The average Bonchev–Trinajstić information content (AvgIpc) is 2.25. The second kappa shape index (κ2) is 5.90. The summed E-state index contributed by atoms with van der Waals surface area (Å²) in [4.78, 5) is 11.2. The second-order valence-electron chi connectivity index (χ2n) is 3.21. The molecule has 15 heavy (non-hydrogen) atoms. The fourth-order valence-corrected chi connectivity index (χ4v) is 1.03. The summed E-state index contributed by atoms with van der Waals surface area (Å²) < 4.78 is 5.25. The van der Waals surface area contributed by atoms with Gasteiger partial charge < -0.3 is 15.8 Å². The predicted molar refractivity (Wildman–Crippen MR) is 59.7 cm³/mol. The summed E-state index contributed by atoms with van der Waals surface area (Å²) >= 11 is 0. The third-order valence-corrected chi connectivity index (χ3v) is 1.82. The molecule has 0 bridgehead atoms. The standard InChI is InChI=1S/C11H16N2O2/c1-2-7-13-11(14)8-15-10-5-3-9(12)4-6-10/h3-6H,2,7-8,12H2,1H3,(H,13,14). The van der Waals surface area contributed by atoms with Gasteiger partial charge in [0.2, 0.25) is 0 Å². The Hall–Kier alpha value is -1.71. The van der Waals surface area contributed by atoms with E-state index in [0.717, 1.165) is 6.42 Å². The van der Waals surface area contributed by atoms with Gasteiger partial charge in [-0.05, 0) is 30.7 Å². The minimum absolute atomic E-state index is 0.0456. The number of ether oxygens (including phenoxy) is 1. The van der Waals surface area contributed by atoms with Gasteiger partial charge in [0, 0.05) is 12.2 Å². The molecule has 1 rings (SSSR count). The zero-order valence-corrected chi connectivity index (χ0v) is 8.82. The minimum Gasteiger partial charge on any atom is -0.484 e. The lowest BCUT2D eigenvalue weighted by molar-refractivity contribution is -0.123. The molecule has 1 amide bonds. The smallest absolute Gasteiger partial charge is 0.257 e. The van der Waals surface area contributed by atoms with Crippen LogP contribution in [-0.4, -0.2) is 19.1 Å². The predicted octanol–water partition coefficient (Wildman–Crippen LogP) is 1.17. The maximum Gasteiger partial charge on any atom is 0.257 e. The zero-order valence-electron chi connectivity index (χ0n) is 8.82. The number of rotatable bonds is 5. The first kappa shape index (κ1) is 11.4. The number of anilines is 1. The Balaban J connectivity index is 2.30. The highest BCUT2D eigenvalue weighted by Gasteiger charge is 2.00. The van der Waals surface area contributed by atoms with Crippen molar-refractivity contribution in [2.75, 3.05) is 18.9 Å². The number of carbonyl (C=O) groups is 1. The van der Waals surface area contributed by atoms with E-state index in [-0.39, 0.29) is 12.5 Å². The summed E-state index contributed by atoms with van der Waals surface area (Å²) in [5.74, 6) is 0.546. The van der Waals surface area contributed by atoms with E-state index in [2.05, 4.69) is 5.32 Å². The lowest BCUT2D eigenvalue weighted by Gasteiger charge is -2.06. The highest BCUT2D eigenvalue weighted by molar-refractivity contribution is 5.77. The lowest BCUT2D eigenvalue weighted by atomic mass is 10.3. The maximum atomic E-state index is 11.2. The van der Waals surface area contributed by atoms with Gasteiger partial charge in [-0.15, -0.1) is 0 Å². The summed E-state index contributed by atoms with van der Waals surface area (Å²) in [6.45, 7) is 2.73. The van der Waals surface area contributed by atoms with Crippen LogP contribution in [0.1, 0.15) is 13.3 Å². The van der Waals surface area contributed by atoms with E-state index in [1.807, 2.05) is 6.92 Å². The third-order valence-electron chi connectivity index (χ3n) is 1.82. The largest absolute Gasteiger partial charge is 0.484 e. The molecule has 0 aliphatic heterocycles. The average molecular weight is 208 g/mol. The van der Waals surface area contributed by atoms with Gasteiger partial charge in [-0.3, -0.25) is 4.79 Å². The van der Waals surface area contributed by atoms with E-state index in [9.17, 15) is 4.79 Å². The van der Waals surface area contributed by atoms with E-state index in [4.69, 9.17) is 10.5 Å². The van der Waals surface area contributed by atoms with Crippen LogP contribution in [0.15, 0.2) is 24.3 Å². The molecule has 1 aromatic carbocycles. The molecule has 4 nitrogen and oxygen atoms in total. The molecule has 0 aliphatic rings. The van der Waals surface area contributed by atoms with Crippen LogP contribution < -0.4 is 15.8 Å². The summed E-state index contributed by atoms with van der Waals surface area (Å²) in [7, 11) is 0. The molecule has 82 valence electrons. The molecule has 0 unspecified atom stereocenters. The molecule has 0 atom stereocenters. The molecule has 1 aromatic rings. The quantitative estimate of drug-likeness (QED) is 0.714. The second-order valence-corrected chi connectivity index (χ2v) is 3.21. The molecular formula is C11H16N2O2. The number of nitrogens with one attached hydrogen (secondary N) is 1. The molecule has 0 fully saturated rings. The first-order valence-corrected chi connectivity index (χ1v) is 4.97. The van der Waals surface area contributed by atoms with Gasteiger partial charge in [-0.2, -0.15) is 0 Å². The number of nitrogens with two attached hydrogens (primary N) is 1. The van der Waals surface area contributed by atoms with Crippen molar-refractivity contribution < 1.29 is 9.53 Å². The number of amides is 1. The van der Waals surface area contributed by atoms with E-state index in [1.165, 1.54) is 0 Å². The van der Waals surface area contributed by atoms with Crippen molar-refractivity contribution in [3.63, 3.8) is 0 Å². The monoisotopic (exact) mass is 208 g/mol. The van der Waals surface area contributed by atoms with Gasteiger partial charge in [0.25, 0.3) is 5.91 Å². The van der Waals surface area contributed by atoms with Crippen molar-refractivity contribution in [3.05, 3.63) is 24.3 Å². The minimum atomic E-state index is -0.103. The van der Waals surface area contributed by atoms with E-state index < -0.39 is 0 Å². The van der Waals surface area contributed by atoms with E-state index >= 15 is 0 Å². The van der Waals surface area contributed by atoms with Crippen molar-refractivity contribution in [1.82, 2.24) is 5.32 Å². The van der Waals surface area contributed by atoms with Crippen LogP contribution in [0.4, 0.5) is 5.69 Å². The van der Waals surface area contributed by atoms with E-state index in [0.29, 0.717) is 18.0 Å². The normalized spacial score (nSPS) is 9.67. The highest BCUT2D eigenvalue weighted by Crippen LogP contribution is 2.12. The SMILES string of the molecule is CCCNC(=O)COc1ccc(N)cc1. The maximum absolute atomic E-state index is 11.2. The molecule has 0 saturated heterocycles.